The Hall–Kier alpha value is -3.43. The third kappa shape index (κ3) is 10.3. The zero-order valence-electron chi connectivity index (χ0n) is 28.9. The van der Waals surface area contributed by atoms with Crippen molar-refractivity contribution in [3.63, 3.8) is 0 Å². The average Bonchev–Trinajstić information content (AvgIpc) is 3.68. The van der Waals surface area contributed by atoms with Crippen LogP contribution in [0.5, 0.6) is 0 Å². The summed E-state index contributed by atoms with van der Waals surface area (Å²) >= 11 is -1.65. The van der Waals surface area contributed by atoms with Gasteiger partial charge in [0.15, 0.2) is 11.5 Å². The zero-order valence-corrected chi connectivity index (χ0v) is 29.7. The number of carbonyl (C=O) groups is 6. The van der Waals surface area contributed by atoms with Crippen LogP contribution in [0.3, 0.4) is 0 Å². The molecule has 2 unspecified atom stereocenters. The van der Waals surface area contributed by atoms with Crippen LogP contribution in [0.4, 0.5) is 4.79 Å². The molecule has 48 heavy (non-hydrogen) atoms. The first-order valence-electron chi connectivity index (χ1n) is 16.9. The van der Waals surface area contributed by atoms with Crippen LogP contribution >= 0.6 is 0 Å². The first-order valence-corrected chi connectivity index (χ1v) is 18.0. The maximum atomic E-state index is 14.2. The predicted octanol–water partition coefficient (Wildman–Crippen LogP) is 1.32. The molecule has 14 nitrogen and oxygen atoms in total. The van der Waals surface area contributed by atoms with E-state index in [9.17, 15) is 33.3 Å². The van der Waals surface area contributed by atoms with Gasteiger partial charge in [-0.1, -0.05) is 75.9 Å². The summed E-state index contributed by atoms with van der Waals surface area (Å²) in [7, 11) is 0. The second-order valence-electron chi connectivity index (χ2n) is 13.7. The highest BCUT2D eigenvalue weighted by molar-refractivity contribution is 7.87. The fourth-order valence-corrected chi connectivity index (χ4v) is 7.48. The number of urea groups is 1. The van der Waals surface area contributed by atoms with E-state index in [2.05, 4.69) is 27.8 Å². The highest BCUT2D eigenvalue weighted by Crippen LogP contribution is 2.29. The Kier molecular flexibility index (Phi) is 14.5. The molecular formula is C33H53N7O7S. The molecule has 4 N–H and O–H groups in total. The molecule has 15 heteroatoms. The van der Waals surface area contributed by atoms with Crippen molar-refractivity contribution < 1.29 is 33.3 Å². The lowest BCUT2D eigenvalue weighted by molar-refractivity contribution is -0.142. The second-order valence-corrected chi connectivity index (χ2v) is 15.1. The van der Waals surface area contributed by atoms with Crippen molar-refractivity contribution in [3.8, 4) is 0 Å². The highest BCUT2D eigenvalue weighted by atomic mass is 32.2. The molecule has 2 heterocycles. The Balaban J connectivity index is 1.75. The molecule has 0 aromatic carbocycles. The molecule has 0 aromatic heterocycles. The van der Waals surface area contributed by atoms with Crippen LogP contribution in [-0.2, 0) is 35.5 Å². The summed E-state index contributed by atoms with van der Waals surface area (Å²) in [6.07, 6.45) is 9.84. The summed E-state index contributed by atoms with van der Waals surface area (Å²) in [6, 6.07) is -4.02. The summed E-state index contributed by atoms with van der Waals surface area (Å²) in [5.74, 6) is -3.02. The number of carbonyl (C=O) groups excluding carboxylic acids is 6. The first kappa shape index (κ1) is 39.0. The van der Waals surface area contributed by atoms with Gasteiger partial charge in [-0.2, -0.15) is 0 Å². The minimum atomic E-state index is -1.65. The Morgan fingerprint density at radius 1 is 1.04 bits per heavy atom. The summed E-state index contributed by atoms with van der Waals surface area (Å²) in [6.45, 7) is 13.8. The maximum absolute atomic E-state index is 14.2. The van der Waals surface area contributed by atoms with Crippen molar-refractivity contribution in [2.75, 3.05) is 32.7 Å². The minimum Gasteiger partial charge on any atom is -0.573 e. The third-order valence-corrected chi connectivity index (χ3v) is 10.7. The number of rotatable bonds is 14. The van der Waals surface area contributed by atoms with Gasteiger partial charge in [0.25, 0.3) is 11.8 Å². The fourth-order valence-electron chi connectivity index (χ4n) is 6.23. The van der Waals surface area contributed by atoms with Crippen molar-refractivity contribution in [2.45, 2.75) is 104 Å². The van der Waals surface area contributed by atoms with E-state index in [0.717, 1.165) is 32.1 Å². The molecule has 3 aliphatic rings. The Bertz CT molecular complexity index is 1230. The summed E-state index contributed by atoms with van der Waals surface area (Å²) in [4.78, 5) is 79.8. The predicted molar refractivity (Wildman–Crippen MR) is 182 cm³/mol. The molecule has 0 radical (unpaired) electrons. The smallest absolute Gasteiger partial charge is 0.315 e. The van der Waals surface area contributed by atoms with E-state index in [1.54, 1.807) is 16.5 Å². The van der Waals surface area contributed by atoms with Gasteiger partial charge in [-0.3, -0.25) is 24.0 Å². The number of nitrogens with zero attached hydrogens (tertiary/aromatic N) is 3. The van der Waals surface area contributed by atoms with E-state index in [0.29, 0.717) is 19.5 Å². The maximum Gasteiger partial charge on any atom is 0.315 e. The van der Waals surface area contributed by atoms with Crippen LogP contribution in [0, 0.1) is 11.3 Å². The van der Waals surface area contributed by atoms with Gasteiger partial charge in [-0.15, -0.1) is 10.9 Å². The van der Waals surface area contributed by atoms with Gasteiger partial charge in [0.2, 0.25) is 17.6 Å². The van der Waals surface area contributed by atoms with E-state index in [4.69, 9.17) is 0 Å². The number of hydrogen-bond acceptors (Lipinski definition) is 8. The fraction of sp³-hybridized carbons (Fsp3) is 0.697. The molecule has 6 amide bonds. The molecule has 3 rings (SSSR count). The molecule has 2 fully saturated rings. The normalized spacial score (nSPS) is 22.0. The van der Waals surface area contributed by atoms with Gasteiger partial charge >= 0.3 is 6.03 Å². The molecule has 2 aliphatic heterocycles. The van der Waals surface area contributed by atoms with Gasteiger partial charge in [-0.05, 0) is 30.6 Å². The van der Waals surface area contributed by atoms with E-state index in [-0.39, 0.29) is 37.9 Å². The van der Waals surface area contributed by atoms with E-state index < -0.39 is 70.7 Å². The average molecular weight is 692 g/mol. The van der Waals surface area contributed by atoms with E-state index in [1.807, 2.05) is 27.7 Å². The van der Waals surface area contributed by atoms with Crippen LogP contribution in [-0.4, -0.2) is 110 Å². The Morgan fingerprint density at radius 3 is 2.31 bits per heavy atom. The molecule has 1 saturated heterocycles. The van der Waals surface area contributed by atoms with Crippen molar-refractivity contribution in [1.82, 2.24) is 34.8 Å². The topological polar surface area (TPSA) is 183 Å². The number of hydrogen-bond donors (Lipinski definition) is 4. The standard InChI is InChI=1S/C33H53N7O7S/c1-7-13-24(28(42)30(44)34-17-8-2)35-29(43)25-16-12-18-39(25)31(45)27(23-14-10-9-11-15-23)37-32(46)36-26(33(4,5)6)21-38-19-20-40(22(3)41)48(38)47/h8,12,16,23-27H,2,7,9-11,13-15,17-21H2,1,3-6H3,(H,34,44)(H,35,43)(H2,36,37,46)/t24?,25-,26+,27-,48?/m0/s1. The number of Topliss-reactive ketones (excluding diaryl/α,β-unsaturated/α-hetero) is 1. The van der Waals surface area contributed by atoms with Gasteiger partial charge in [0.1, 0.15) is 12.1 Å². The van der Waals surface area contributed by atoms with Gasteiger partial charge in [-0.25, -0.2) is 4.79 Å². The summed E-state index contributed by atoms with van der Waals surface area (Å²) < 4.78 is 15.8. The SMILES string of the molecule is C=CCNC(=O)C(=O)C(CCC)NC(=O)[C@@H]1C=CCN1C(=O)[C@@H](NC(=O)N[C@H](CN1CCN(C(C)=O)[S+]1[O-])C(C)(C)C)C1CCCCC1. The highest BCUT2D eigenvalue weighted by Gasteiger charge is 2.43. The molecular weight excluding hydrogens is 638 g/mol. The lowest BCUT2D eigenvalue weighted by Crippen LogP contribution is -2.61. The Morgan fingerprint density at radius 2 is 1.73 bits per heavy atom. The monoisotopic (exact) mass is 691 g/mol. The van der Waals surface area contributed by atoms with Crippen molar-refractivity contribution >= 4 is 47.0 Å². The number of ketones is 1. The third-order valence-electron chi connectivity index (χ3n) is 9.07. The minimum absolute atomic E-state index is 0.112. The van der Waals surface area contributed by atoms with E-state index in [1.165, 1.54) is 22.2 Å². The van der Waals surface area contributed by atoms with Crippen molar-refractivity contribution in [3.05, 3.63) is 24.8 Å². The van der Waals surface area contributed by atoms with Gasteiger partial charge in [0.05, 0.1) is 31.7 Å². The van der Waals surface area contributed by atoms with Gasteiger partial charge < -0.3 is 30.7 Å². The van der Waals surface area contributed by atoms with E-state index >= 15 is 0 Å². The number of nitrogens with one attached hydrogen (secondary N) is 4. The van der Waals surface area contributed by atoms with Crippen LogP contribution in [0.25, 0.3) is 0 Å². The summed E-state index contributed by atoms with van der Waals surface area (Å²) in [5, 5.41) is 11.0. The van der Waals surface area contributed by atoms with Crippen LogP contribution in [0.1, 0.15) is 79.6 Å². The molecule has 1 saturated carbocycles. The van der Waals surface area contributed by atoms with Crippen molar-refractivity contribution in [1.29, 1.82) is 0 Å². The van der Waals surface area contributed by atoms with Crippen LogP contribution in [0.2, 0.25) is 0 Å². The molecule has 0 bridgehead atoms. The van der Waals surface area contributed by atoms with Crippen LogP contribution < -0.4 is 21.3 Å². The quantitative estimate of drug-likeness (QED) is 0.119. The van der Waals surface area contributed by atoms with Crippen molar-refractivity contribution in [2.24, 2.45) is 11.3 Å². The molecule has 1 aliphatic carbocycles. The largest absolute Gasteiger partial charge is 0.573 e. The summed E-state index contributed by atoms with van der Waals surface area (Å²) in [5.41, 5.74) is -0.452. The lowest BCUT2D eigenvalue weighted by Gasteiger charge is -2.37. The first-order chi connectivity index (χ1) is 22.7. The molecule has 0 aromatic rings. The Labute approximate surface area is 287 Å². The lowest BCUT2D eigenvalue weighted by atomic mass is 9.83. The number of amides is 6. The molecule has 5 atom stereocenters. The second kappa shape index (κ2) is 17.8. The zero-order chi connectivity index (χ0) is 35.6. The molecule has 268 valence electrons. The van der Waals surface area contributed by atoms with Gasteiger partial charge in [0, 0.05) is 20.0 Å². The van der Waals surface area contributed by atoms with Crippen LogP contribution in [0.15, 0.2) is 24.8 Å². The molecule has 0 spiro atoms.